The standard InChI is InChI=1S/C35H38N4O5/c1-2-44-31(40)17-12-24-10-14-27(15-11-24)36-34(42)35(19-6-7-20-35)38-33(41)25-13-16-30-29(22-25)37-32(26-18-21-43-23-26)39(30)28-8-4-3-5-9-28/h10-18,21-23,28H,2-9,19-20H2,1H3,(H,36,42)(H,38,41)/b17-12+. The van der Waals surface area contributed by atoms with E-state index in [-0.39, 0.29) is 11.8 Å². The van der Waals surface area contributed by atoms with Gasteiger partial charge < -0.3 is 24.4 Å². The summed E-state index contributed by atoms with van der Waals surface area (Å²) in [5.41, 5.74) is 3.56. The number of rotatable bonds is 9. The number of carbonyl (C=O) groups excluding carboxylic acids is 3. The molecular weight excluding hydrogens is 556 g/mol. The van der Waals surface area contributed by atoms with E-state index in [2.05, 4.69) is 15.2 Å². The molecule has 0 unspecified atom stereocenters. The minimum atomic E-state index is -1.00. The number of nitrogens with one attached hydrogen (secondary N) is 2. The average molecular weight is 595 g/mol. The number of hydrogen-bond donors (Lipinski definition) is 2. The van der Waals surface area contributed by atoms with Crippen LogP contribution in [0.25, 0.3) is 28.5 Å². The van der Waals surface area contributed by atoms with Gasteiger partial charge in [-0.2, -0.15) is 0 Å². The average Bonchev–Trinajstić information content (AvgIpc) is 3.82. The van der Waals surface area contributed by atoms with E-state index in [1.165, 1.54) is 25.3 Å². The molecule has 0 saturated heterocycles. The van der Waals surface area contributed by atoms with Gasteiger partial charge in [0.05, 0.1) is 29.5 Å². The third kappa shape index (κ3) is 6.18. The van der Waals surface area contributed by atoms with Crippen LogP contribution in [0.3, 0.4) is 0 Å². The second kappa shape index (κ2) is 12.9. The molecule has 9 heteroatoms. The molecule has 44 heavy (non-hydrogen) atoms. The Balaban J connectivity index is 1.20. The zero-order valence-electron chi connectivity index (χ0n) is 25.0. The lowest BCUT2D eigenvalue weighted by Gasteiger charge is -2.29. The summed E-state index contributed by atoms with van der Waals surface area (Å²) >= 11 is 0. The van der Waals surface area contributed by atoms with Crippen molar-refractivity contribution in [3.05, 3.63) is 78.3 Å². The van der Waals surface area contributed by atoms with Crippen LogP contribution in [0.2, 0.25) is 0 Å². The monoisotopic (exact) mass is 594 g/mol. The van der Waals surface area contributed by atoms with E-state index in [4.69, 9.17) is 14.1 Å². The first kappa shape index (κ1) is 29.4. The number of esters is 1. The van der Waals surface area contributed by atoms with Gasteiger partial charge in [0.2, 0.25) is 5.91 Å². The van der Waals surface area contributed by atoms with Crippen LogP contribution >= 0.6 is 0 Å². The fraction of sp³-hybridized carbons (Fsp3) is 0.371. The molecule has 0 aliphatic heterocycles. The predicted molar refractivity (Wildman–Crippen MR) is 169 cm³/mol. The van der Waals surface area contributed by atoms with Gasteiger partial charge in [0.1, 0.15) is 17.6 Å². The van der Waals surface area contributed by atoms with Gasteiger partial charge in [0.15, 0.2) is 0 Å². The molecule has 6 rings (SSSR count). The summed E-state index contributed by atoms with van der Waals surface area (Å²) in [6.45, 7) is 2.08. The molecule has 2 amide bonds. The van der Waals surface area contributed by atoms with Gasteiger partial charge in [0, 0.05) is 23.4 Å². The summed E-state index contributed by atoms with van der Waals surface area (Å²) in [7, 11) is 0. The highest BCUT2D eigenvalue weighted by Crippen LogP contribution is 2.37. The van der Waals surface area contributed by atoms with Gasteiger partial charge in [0.25, 0.3) is 5.91 Å². The number of fused-ring (bicyclic) bond motifs is 1. The molecule has 2 aromatic heterocycles. The summed E-state index contributed by atoms with van der Waals surface area (Å²) in [5, 5.41) is 6.09. The number of benzene rings is 2. The maximum atomic E-state index is 13.7. The Hall–Kier alpha value is -4.66. The zero-order chi connectivity index (χ0) is 30.5. The van der Waals surface area contributed by atoms with Gasteiger partial charge in [-0.05, 0) is 80.6 Å². The van der Waals surface area contributed by atoms with E-state index in [0.717, 1.165) is 53.7 Å². The first-order valence-electron chi connectivity index (χ1n) is 15.6. The molecule has 0 radical (unpaired) electrons. The van der Waals surface area contributed by atoms with Crippen molar-refractivity contribution in [2.75, 3.05) is 11.9 Å². The lowest BCUT2D eigenvalue weighted by Crippen LogP contribution is -2.55. The molecule has 0 bridgehead atoms. The molecule has 2 saturated carbocycles. The van der Waals surface area contributed by atoms with Crippen LogP contribution in [0, 0.1) is 0 Å². The Kier molecular flexibility index (Phi) is 8.63. The third-order valence-electron chi connectivity index (χ3n) is 8.78. The molecule has 0 atom stereocenters. The topological polar surface area (TPSA) is 115 Å². The predicted octanol–water partition coefficient (Wildman–Crippen LogP) is 7.06. The highest BCUT2D eigenvalue weighted by atomic mass is 16.5. The van der Waals surface area contributed by atoms with Crippen molar-refractivity contribution in [1.29, 1.82) is 0 Å². The molecule has 0 spiro atoms. The number of imidazole rings is 1. The maximum absolute atomic E-state index is 13.7. The number of amides is 2. The summed E-state index contributed by atoms with van der Waals surface area (Å²) in [5.74, 6) is -0.0743. The Morgan fingerprint density at radius 3 is 2.50 bits per heavy atom. The van der Waals surface area contributed by atoms with Gasteiger partial charge in [-0.25, -0.2) is 9.78 Å². The summed E-state index contributed by atoms with van der Waals surface area (Å²) < 4.78 is 12.6. The minimum absolute atomic E-state index is 0.233. The molecule has 9 nitrogen and oxygen atoms in total. The van der Waals surface area contributed by atoms with Crippen molar-refractivity contribution < 1.29 is 23.5 Å². The number of anilines is 1. The number of carbonyl (C=O) groups is 3. The van der Waals surface area contributed by atoms with E-state index < -0.39 is 11.5 Å². The number of aromatic nitrogens is 2. The van der Waals surface area contributed by atoms with Crippen molar-refractivity contribution >= 4 is 40.6 Å². The van der Waals surface area contributed by atoms with Crippen molar-refractivity contribution in [2.45, 2.75) is 76.3 Å². The molecule has 2 aliphatic rings. The fourth-order valence-corrected chi connectivity index (χ4v) is 6.50. The smallest absolute Gasteiger partial charge is 0.330 e. The highest BCUT2D eigenvalue weighted by Gasteiger charge is 2.42. The van der Waals surface area contributed by atoms with E-state index in [1.54, 1.807) is 37.7 Å². The van der Waals surface area contributed by atoms with Crippen LogP contribution < -0.4 is 10.6 Å². The van der Waals surface area contributed by atoms with E-state index in [9.17, 15) is 14.4 Å². The molecular formula is C35H38N4O5. The van der Waals surface area contributed by atoms with Crippen molar-refractivity contribution in [1.82, 2.24) is 14.9 Å². The number of hydrogen-bond acceptors (Lipinski definition) is 6. The van der Waals surface area contributed by atoms with E-state index >= 15 is 0 Å². The Morgan fingerprint density at radius 1 is 1.02 bits per heavy atom. The lowest BCUT2D eigenvalue weighted by atomic mass is 9.94. The first-order chi connectivity index (χ1) is 21.5. The van der Waals surface area contributed by atoms with Crippen LogP contribution in [0.5, 0.6) is 0 Å². The minimum Gasteiger partial charge on any atom is -0.472 e. The molecule has 4 aromatic rings. The second-order valence-electron chi connectivity index (χ2n) is 11.7. The summed E-state index contributed by atoms with van der Waals surface area (Å²) in [4.78, 5) is 43.8. The number of nitrogens with zero attached hydrogens (tertiary/aromatic N) is 2. The van der Waals surface area contributed by atoms with Gasteiger partial charge in [-0.1, -0.05) is 44.2 Å². The molecule has 2 fully saturated rings. The van der Waals surface area contributed by atoms with Crippen LogP contribution in [-0.2, 0) is 14.3 Å². The second-order valence-corrected chi connectivity index (χ2v) is 11.7. The van der Waals surface area contributed by atoms with Crippen LogP contribution in [0.4, 0.5) is 5.69 Å². The largest absolute Gasteiger partial charge is 0.472 e. The Morgan fingerprint density at radius 2 is 1.80 bits per heavy atom. The summed E-state index contributed by atoms with van der Waals surface area (Å²) in [6, 6.07) is 15.1. The third-order valence-corrected chi connectivity index (χ3v) is 8.78. The SMILES string of the molecule is CCOC(=O)/C=C/c1ccc(NC(=O)C2(NC(=O)c3ccc4c(c3)nc(-c3ccoc3)n4C3CCCCC3)CCCC2)cc1. The number of ether oxygens (including phenoxy) is 1. The van der Waals surface area contributed by atoms with Crippen molar-refractivity contribution in [2.24, 2.45) is 0 Å². The molecule has 2 aromatic carbocycles. The molecule has 2 heterocycles. The van der Waals surface area contributed by atoms with Crippen LogP contribution in [0.1, 0.15) is 86.7 Å². The zero-order valence-corrected chi connectivity index (χ0v) is 25.0. The van der Waals surface area contributed by atoms with Gasteiger partial charge in [-0.15, -0.1) is 0 Å². The highest BCUT2D eigenvalue weighted by molar-refractivity contribution is 6.05. The lowest BCUT2D eigenvalue weighted by molar-refractivity contribution is -0.137. The van der Waals surface area contributed by atoms with Crippen LogP contribution in [-0.4, -0.2) is 39.5 Å². The molecule has 2 N–H and O–H groups in total. The first-order valence-corrected chi connectivity index (χ1v) is 15.6. The molecule has 2 aliphatic carbocycles. The van der Waals surface area contributed by atoms with Crippen LogP contribution in [0.15, 0.2) is 71.6 Å². The maximum Gasteiger partial charge on any atom is 0.330 e. The summed E-state index contributed by atoms with van der Waals surface area (Å²) in [6.07, 6.45) is 15.1. The quantitative estimate of drug-likeness (QED) is 0.158. The number of furan rings is 1. The molecule has 228 valence electrons. The van der Waals surface area contributed by atoms with Gasteiger partial charge >= 0.3 is 5.97 Å². The van der Waals surface area contributed by atoms with Gasteiger partial charge in [-0.3, -0.25) is 9.59 Å². The Labute approximate surface area is 256 Å². The van der Waals surface area contributed by atoms with E-state index in [0.29, 0.717) is 36.7 Å². The van der Waals surface area contributed by atoms with E-state index in [1.807, 2.05) is 36.4 Å². The Bertz CT molecular complexity index is 1660. The van der Waals surface area contributed by atoms with Crippen molar-refractivity contribution in [3.8, 4) is 11.4 Å². The normalized spacial score (nSPS) is 16.8. The fourth-order valence-electron chi connectivity index (χ4n) is 6.50. The van der Waals surface area contributed by atoms with Crippen molar-refractivity contribution in [3.63, 3.8) is 0 Å².